The second-order valence-electron chi connectivity index (χ2n) is 2.69. The minimum Gasteiger partial charge on any atom is -0.195 e. The van der Waals surface area contributed by atoms with E-state index in [0.717, 1.165) is 0 Å². The van der Waals surface area contributed by atoms with Crippen LogP contribution >= 0.6 is 15.9 Å². The van der Waals surface area contributed by atoms with Gasteiger partial charge in [-0.3, -0.25) is 0 Å². The van der Waals surface area contributed by atoms with Crippen molar-refractivity contribution >= 4 is 15.9 Å². The van der Waals surface area contributed by atoms with E-state index in [1.807, 2.05) is 0 Å². The molecule has 0 aliphatic heterocycles. The maximum absolute atomic E-state index is 12.4. The molecule has 0 spiro atoms. The Hall–Kier alpha value is -0.480. The molecule has 0 aromatic rings. The average Bonchev–Trinajstić information content (AvgIpc) is 1.98. The van der Waals surface area contributed by atoms with E-state index < -0.39 is 34.8 Å². The molecule has 0 bridgehead atoms. The molecule has 0 nitrogen and oxygen atoms in total. The summed E-state index contributed by atoms with van der Waals surface area (Å²) in [5.41, 5.74) is 0. The summed E-state index contributed by atoms with van der Waals surface area (Å²) in [5, 5.41) is 0. The van der Waals surface area contributed by atoms with Gasteiger partial charge in [0, 0.05) is 6.08 Å². The Bertz CT molecular complexity index is 308. The number of allylic oxidation sites excluding steroid dienone is 2. The minimum atomic E-state index is -6.67. The minimum absolute atomic E-state index is 1.45. The summed E-state index contributed by atoms with van der Waals surface area (Å²) in [6.07, 6.45) is -13.7. The van der Waals surface area contributed by atoms with Crippen molar-refractivity contribution in [3.05, 3.63) is 10.6 Å². The SMILES string of the molecule is FC(F)(F)C(Br)=CC(F)(F)C(F)(F)C(F)(F)F. The first-order valence-electron chi connectivity index (χ1n) is 3.41. The van der Waals surface area contributed by atoms with E-state index >= 15 is 0 Å². The van der Waals surface area contributed by atoms with Crippen molar-refractivity contribution in [2.75, 3.05) is 0 Å². The third-order valence-corrected chi connectivity index (χ3v) is 2.03. The number of hydrogen-bond acceptors (Lipinski definition) is 0. The van der Waals surface area contributed by atoms with E-state index in [0.29, 0.717) is 0 Å². The summed E-state index contributed by atoms with van der Waals surface area (Å²) >= 11 is 1.45. The molecule has 0 N–H and O–H groups in total. The number of alkyl halides is 10. The maximum Gasteiger partial charge on any atom is 0.460 e. The highest BCUT2D eigenvalue weighted by atomic mass is 79.9. The van der Waals surface area contributed by atoms with Gasteiger partial charge in [-0.15, -0.1) is 0 Å². The van der Waals surface area contributed by atoms with Crippen LogP contribution in [0.5, 0.6) is 0 Å². The monoisotopic (exact) mass is 342 g/mol. The molecule has 0 fully saturated rings. The highest BCUT2D eigenvalue weighted by molar-refractivity contribution is 9.11. The van der Waals surface area contributed by atoms with Crippen molar-refractivity contribution in [2.24, 2.45) is 0 Å². The second kappa shape index (κ2) is 4.32. The third-order valence-electron chi connectivity index (χ3n) is 1.35. The highest BCUT2D eigenvalue weighted by Crippen LogP contribution is 2.48. The molecule has 0 amide bonds. The Morgan fingerprint density at radius 2 is 1.12 bits per heavy atom. The molecule has 0 radical (unpaired) electrons. The fourth-order valence-electron chi connectivity index (χ4n) is 0.521. The molecule has 0 atom stereocenters. The first kappa shape index (κ1) is 16.5. The van der Waals surface area contributed by atoms with Crippen LogP contribution in [0.25, 0.3) is 0 Å². The lowest BCUT2D eigenvalue weighted by molar-refractivity contribution is -0.342. The van der Waals surface area contributed by atoms with E-state index in [4.69, 9.17) is 0 Å². The summed E-state index contributed by atoms with van der Waals surface area (Å²) < 4.78 is 116. The van der Waals surface area contributed by atoms with Gasteiger partial charge < -0.3 is 0 Å². The fraction of sp³-hybridized carbons (Fsp3) is 0.667. The molecule has 0 aromatic carbocycles. The molecule has 102 valence electrons. The zero-order valence-corrected chi connectivity index (χ0v) is 8.82. The summed E-state index contributed by atoms with van der Waals surface area (Å²) in [6, 6.07) is 0. The fourth-order valence-corrected chi connectivity index (χ4v) is 0.808. The van der Waals surface area contributed by atoms with Gasteiger partial charge in [0.25, 0.3) is 0 Å². The highest BCUT2D eigenvalue weighted by Gasteiger charge is 2.72. The van der Waals surface area contributed by atoms with Gasteiger partial charge in [0.2, 0.25) is 0 Å². The van der Waals surface area contributed by atoms with Crippen molar-refractivity contribution in [3.63, 3.8) is 0 Å². The van der Waals surface area contributed by atoms with E-state index in [2.05, 4.69) is 0 Å². The number of rotatable bonds is 2. The summed E-state index contributed by atoms with van der Waals surface area (Å²) in [4.78, 5) is 0. The Morgan fingerprint density at radius 1 is 0.765 bits per heavy atom. The van der Waals surface area contributed by atoms with Crippen molar-refractivity contribution in [1.82, 2.24) is 0 Å². The topological polar surface area (TPSA) is 0 Å². The summed E-state index contributed by atoms with van der Waals surface area (Å²) in [6.45, 7) is 0. The van der Waals surface area contributed by atoms with Gasteiger partial charge >= 0.3 is 24.2 Å². The predicted octanol–water partition coefficient (Wildman–Crippen LogP) is 4.66. The van der Waals surface area contributed by atoms with Gasteiger partial charge in [-0.2, -0.15) is 43.9 Å². The van der Waals surface area contributed by atoms with Crippen molar-refractivity contribution < 1.29 is 43.9 Å². The van der Waals surface area contributed by atoms with Gasteiger partial charge in [-0.1, -0.05) is 0 Å². The lowest BCUT2D eigenvalue weighted by Gasteiger charge is -2.26. The van der Waals surface area contributed by atoms with E-state index in [-0.39, 0.29) is 0 Å². The lowest BCUT2D eigenvalue weighted by atomic mass is 10.1. The van der Waals surface area contributed by atoms with Crippen LogP contribution in [0.3, 0.4) is 0 Å². The van der Waals surface area contributed by atoms with Gasteiger partial charge in [0.1, 0.15) is 4.48 Å². The van der Waals surface area contributed by atoms with E-state index in [1.165, 1.54) is 15.9 Å². The molecule has 0 heterocycles. The van der Waals surface area contributed by atoms with Crippen LogP contribution < -0.4 is 0 Å². The molecular weight excluding hydrogens is 342 g/mol. The van der Waals surface area contributed by atoms with Crippen LogP contribution in [0.15, 0.2) is 10.6 Å². The Labute approximate surface area is 95.4 Å². The Balaban J connectivity index is 5.45. The standard InChI is InChI=1S/C6HBrF10/c7-2(4(10,11)12)1-3(8,9)5(13,14)6(15,16)17/h1H. The first-order valence-corrected chi connectivity index (χ1v) is 4.20. The molecular formula is C6HBrF10. The average molecular weight is 343 g/mol. The van der Waals surface area contributed by atoms with Crippen molar-refractivity contribution in [1.29, 1.82) is 0 Å². The molecule has 0 aromatic heterocycles. The van der Waals surface area contributed by atoms with Gasteiger partial charge in [-0.05, 0) is 15.9 Å². The molecule has 0 saturated heterocycles. The lowest BCUT2D eigenvalue weighted by Crippen LogP contribution is -2.51. The number of hydrogen-bond donors (Lipinski definition) is 0. The zero-order chi connectivity index (χ0) is 14.3. The maximum atomic E-state index is 12.4. The second-order valence-corrected chi connectivity index (χ2v) is 3.54. The van der Waals surface area contributed by atoms with Gasteiger partial charge in [0.05, 0.1) is 0 Å². The van der Waals surface area contributed by atoms with Crippen molar-refractivity contribution in [3.8, 4) is 0 Å². The molecule has 0 rings (SSSR count). The first-order chi connectivity index (χ1) is 7.13. The molecule has 0 aliphatic rings. The molecule has 0 aliphatic carbocycles. The smallest absolute Gasteiger partial charge is 0.195 e. The van der Waals surface area contributed by atoms with E-state index in [9.17, 15) is 43.9 Å². The van der Waals surface area contributed by atoms with Gasteiger partial charge in [0.15, 0.2) is 0 Å². The summed E-state index contributed by atoms with van der Waals surface area (Å²) in [7, 11) is 0. The van der Waals surface area contributed by atoms with Crippen LogP contribution in [0, 0.1) is 0 Å². The Morgan fingerprint density at radius 3 is 1.35 bits per heavy atom. The number of halogens is 11. The molecule has 0 saturated carbocycles. The Kier molecular flexibility index (Phi) is 4.20. The van der Waals surface area contributed by atoms with Crippen LogP contribution in [-0.4, -0.2) is 24.2 Å². The normalized spacial score (nSPS) is 16.3. The van der Waals surface area contributed by atoms with E-state index in [1.54, 1.807) is 0 Å². The van der Waals surface area contributed by atoms with Crippen LogP contribution in [-0.2, 0) is 0 Å². The van der Waals surface area contributed by atoms with Crippen LogP contribution in [0.1, 0.15) is 0 Å². The van der Waals surface area contributed by atoms with Gasteiger partial charge in [-0.25, -0.2) is 0 Å². The molecule has 11 heteroatoms. The predicted molar refractivity (Wildman–Crippen MR) is 39.0 cm³/mol. The summed E-state index contributed by atoms with van der Waals surface area (Å²) in [5.74, 6) is -12.6. The quantitative estimate of drug-likeness (QED) is 0.640. The zero-order valence-electron chi connectivity index (χ0n) is 7.23. The molecule has 0 unspecified atom stereocenters. The third kappa shape index (κ3) is 3.49. The van der Waals surface area contributed by atoms with Crippen LogP contribution in [0.2, 0.25) is 0 Å². The molecule has 17 heavy (non-hydrogen) atoms. The van der Waals surface area contributed by atoms with Crippen LogP contribution in [0.4, 0.5) is 43.9 Å². The largest absolute Gasteiger partial charge is 0.460 e. The van der Waals surface area contributed by atoms with Crippen molar-refractivity contribution in [2.45, 2.75) is 24.2 Å².